The Hall–Kier alpha value is -3.32. The number of carbonyl (C=O) groups is 1. The lowest BCUT2D eigenvalue weighted by Gasteiger charge is -2.15. The minimum atomic E-state index is -3.86. The molecule has 0 spiro atoms. The van der Waals surface area contributed by atoms with Gasteiger partial charge in [-0.25, -0.2) is 8.42 Å². The van der Waals surface area contributed by atoms with E-state index in [0.29, 0.717) is 30.0 Å². The molecule has 3 aromatic carbocycles. The molecule has 3 aromatic rings. The fraction of sp³-hybridized carbons (Fsp3) is 0.174. The molecule has 0 unspecified atom stereocenters. The highest BCUT2D eigenvalue weighted by Gasteiger charge is 2.19. The van der Waals surface area contributed by atoms with Gasteiger partial charge in [0.05, 0.1) is 22.9 Å². The third-order valence-electron chi connectivity index (χ3n) is 4.49. The van der Waals surface area contributed by atoms with Gasteiger partial charge in [-0.1, -0.05) is 43.3 Å². The first kappa shape index (κ1) is 21.4. The average molecular weight is 425 g/mol. The lowest BCUT2D eigenvalue weighted by atomic mass is 10.1. The number of anilines is 2. The van der Waals surface area contributed by atoms with Crippen LogP contribution in [-0.2, 0) is 16.4 Å². The van der Waals surface area contributed by atoms with E-state index in [4.69, 9.17) is 4.74 Å². The number of aryl methyl sites for hydroxylation is 1. The highest BCUT2D eigenvalue weighted by molar-refractivity contribution is 7.92. The molecule has 2 N–H and O–H groups in total. The zero-order chi connectivity index (χ0) is 21.6. The van der Waals surface area contributed by atoms with Gasteiger partial charge in [-0.3, -0.25) is 9.52 Å². The molecule has 0 atom stereocenters. The zero-order valence-corrected chi connectivity index (χ0v) is 17.7. The van der Waals surface area contributed by atoms with Crippen molar-refractivity contribution in [3.05, 3.63) is 83.9 Å². The van der Waals surface area contributed by atoms with Crippen LogP contribution in [0.2, 0.25) is 0 Å². The molecule has 3 rings (SSSR count). The molecule has 0 saturated carbocycles. The van der Waals surface area contributed by atoms with Crippen LogP contribution in [-0.4, -0.2) is 20.9 Å². The van der Waals surface area contributed by atoms with Crippen molar-refractivity contribution < 1.29 is 17.9 Å². The Morgan fingerprint density at radius 3 is 2.30 bits per heavy atom. The molecule has 0 aliphatic heterocycles. The molecule has 0 aromatic heterocycles. The van der Waals surface area contributed by atoms with Gasteiger partial charge in [0.1, 0.15) is 5.75 Å². The van der Waals surface area contributed by atoms with Gasteiger partial charge < -0.3 is 10.1 Å². The number of carbonyl (C=O) groups excluding carboxylic acids is 1. The van der Waals surface area contributed by atoms with Gasteiger partial charge in [-0.05, 0) is 55.3 Å². The van der Waals surface area contributed by atoms with Gasteiger partial charge in [0.15, 0.2) is 0 Å². The maximum atomic E-state index is 13.0. The van der Waals surface area contributed by atoms with Crippen LogP contribution < -0.4 is 14.8 Å². The van der Waals surface area contributed by atoms with Crippen LogP contribution in [0, 0.1) is 0 Å². The monoisotopic (exact) mass is 424 g/mol. The van der Waals surface area contributed by atoms with Crippen molar-refractivity contribution in [2.45, 2.75) is 25.2 Å². The molecule has 0 heterocycles. The molecule has 0 aliphatic rings. The van der Waals surface area contributed by atoms with E-state index in [1.54, 1.807) is 42.5 Å². The maximum absolute atomic E-state index is 13.0. The fourth-order valence-electron chi connectivity index (χ4n) is 2.97. The third kappa shape index (κ3) is 4.99. The van der Waals surface area contributed by atoms with Crippen LogP contribution in [0.5, 0.6) is 5.75 Å². The maximum Gasteiger partial charge on any atom is 0.261 e. The van der Waals surface area contributed by atoms with Crippen LogP contribution in [0.4, 0.5) is 11.4 Å². The van der Waals surface area contributed by atoms with E-state index >= 15 is 0 Å². The number of hydrogen-bond acceptors (Lipinski definition) is 4. The Bertz CT molecular complexity index is 1130. The van der Waals surface area contributed by atoms with Gasteiger partial charge in [0.25, 0.3) is 15.9 Å². The van der Waals surface area contributed by atoms with Crippen LogP contribution in [0.25, 0.3) is 0 Å². The van der Waals surface area contributed by atoms with E-state index in [1.807, 2.05) is 32.0 Å². The Morgan fingerprint density at radius 2 is 1.60 bits per heavy atom. The van der Waals surface area contributed by atoms with Crippen molar-refractivity contribution in [3.8, 4) is 5.75 Å². The number of sulfonamides is 1. The van der Waals surface area contributed by atoms with Crippen molar-refractivity contribution in [1.82, 2.24) is 0 Å². The second kappa shape index (κ2) is 9.45. The van der Waals surface area contributed by atoms with Crippen LogP contribution >= 0.6 is 0 Å². The highest BCUT2D eigenvalue weighted by atomic mass is 32.2. The van der Waals surface area contributed by atoms with E-state index in [2.05, 4.69) is 10.0 Å². The summed E-state index contributed by atoms with van der Waals surface area (Å²) in [6.07, 6.45) is 0.695. The molecule has 0 bridgehead atoms. The Balaban J connectivity index is 1.93. The third-order valence-corrected chi connectivity index (χ3v) is 5.85. The van der Waals surface area contributed by atoms with Gasteiger partial charge in [0.2, 0.25) is 0 Å². The highest BCUT2D eigenvalue weighted by Crippen LogP contribution is 2.30. The van der Waals surface area contributed by atoms with Crippen molar-refractivity contribution in [2.75, 3.05) is 16.6 Å². The number of rotatable bonds is 8. The number of benzene rings is 3. The standard InChI is InChI=1S/C23H24N2O4S/c1-3-17-10-8-9-13-20(17)25-30(27,28)19-14-15-22(29-4-2)21(16-19)24-23(26)18-11-6-5-7-12-18/h5-16,25H,3-4H2,1-2H3,(H,24,26). The summed E-state index contributed by atoms with van der Waals surface area (Å²) in [6.45, 7) is 4.15. The van der Waals surface area contributed by atoms with E-state index < -0.39 is 10.0 Å². The summed E-state index contributed by atoms with van der Waals surface area (Å²) in [5, 5.41) is 2.75. The minimum absolute atomic E-state index is 0.0280. The summed E-state index contributed by atoms with van der Waals surface area (Å²) in [6, 6.07) is 20.3. The van der Waals surface area contributed by atoms with Gasteiger partial charge in [-0.2, -0.15) is 0 Å². The van der Waals surface area contributed by atoms with E-state index in [-0.39, 0.29) is 16.5 Å². The first-order valence-electron chi connectivity index (χ1n) is 9.68. The molecular formula is C23H24N2O4S. The summed E-state index contributed by atoms with van der Waals surface area (Å²) >= 11 is 0. The predicted octanol–water partition coefficient (Wildman–Crippen LogP) is 4.70. The minimum Gasteiger partial charge on any atom is -0.492 e. The fourth-order valence-corrected chi connectivity index (χ4v) is 4.10. The summed E-state index contributed by atoms with van der Waals surface area (Å²) < 4.78 is 34.2. The average Bonchev–Trinajstić information content (AvgIpc) is 2.75. The summed E-state index contributed by atoms with van der Waals surface area (Å²) in [5.74, 6) is 0.0464. The lowest BCUT2D eigenvalue weighted by molar-refractivity contribution is 0.102. The smallest absolute Gasteiger partial charge is 0.261 e. The predicted molar refractivity (Wildman–Crippen MR) is 119 cm³/mol. The van der Waals surface area contributed by atoms with Gasteiger partial charge >= 0.3 is 0 Å². The largest absolute Gasteiger partial charge is 0.492 e. The first-order valence-corrected chi connectivity index (χ1v) is 11.2. The Labute approximate surface area is 177 Å². The van der Waals surface area contributed by atoms with Crippen molar-refractivity contribution >= 4 is 27.3 Å². The summed E-state index contributed by atoms with van der Waals surface area (Å²) in [4.78, 5) is 12.6. The molecule has 0 radical (unpaired) electrons. The van der Waals surface area contributed by atoms with E-state index in [0.717, 1.165) is 5.56 Å². The number of hydrogen-bond donors (Lipinski definition) is 2. The van der Waals surface area contributed by atoms with Crippen LogP contribution in [0.3, 0.4) is 0 Å². The quantitative estimate of drug-likeness (QED) is 0.549. The van der Waals surface area contributed by atoms with Gasteiger partial charge in [-0.15, -0.1) is 0 Å². The van der Waals surface area contributed by atoms with Crippen molar-refractivity contribution in [2.24, 2.45) is 0 Å². The molecule has 7 heteroatoms. The second-order valence-corrected chi connectivity index (χ2v) is 8.21. The van der Waals surface area contributed by atoms with Crippen molar-refractivity contribution in [3.63, 3.8) is 0 Å². The second-order valence-electron chi connectivity index (χ2n) is 6.53. The number of ether oxygens (including phenoxy) is 1. The summed E-state index contributed by atoms with van der Waals surface area (Å²) in [5.41, 5.74) is 2.17. The molecule has 0 aliphatic carbocycles. The molecule has 0 fully saturated rings. The van der Waals surface area contributed by atoms with Crippen molar-refractivity contribution in [1.29, 1.82) is 0 Å². The number of nitrogens with one attached hydrogen (secondary N) is 2. The molecular weight excluding hydrogens is 400 g/mol. The molecule has 0 saturated heterocycles. The molecule has 156 valence electrons. The molecule has 6 nitrogen and oxygen atoms in total. The van der Waals surface area contributed by atoms with E-state index in [9.17, 15) is 13.2 Å². The van der Waals surface area contributed by atoms with E-state index in [1.165, 1.54) is 12.1 Å². The Morgan fingerprint density at radius 1 is 0.900 bits per heavy atom. The summed E-state index contributed by atoms with van der Waals surface area (Å²) in [7, 11) is -3.86. The van der Waals surface area contributed by atoms with Gasteiger partial charge in [0, 0.05) is 5.56 Å². The molecule has 30 heavy (non-hydrogen) atoms. The lowest BCUT2D eigenvalue weighted by Crippen LogP contribution is -2.16. The van der Waals surface area contributed by atoms with Crippen LogP contribution in [0.1, 0.15) is 29.8 Å². The zero-order valence-electron chi connectivity index (χ0n) is 16.9. The number of amides is 1. The normalized spacial score (nSPS) is 11.0. The first-order chi connectivity index (χ1) is 14.4. The SMILES string of the molecule is CCOc1ccc(S(=O)(=O)Nc2ccccc2CC)cc1NC(=O)c1ccccc1. The van der Waals surface area contributed by atoms with Crippen LogP contribution in [0.15, 0.2) is 77.7 Å². The Kier molecular flexibility index (Phi) is 6.74. The topological polar surface area (TPSA) is 84.5 Å². The number of para-hydroxylation sites is 1. The molecule has 1 amide bonds.